The third kappa shape index (κ3) is 2.88. The molecular formula is C11H15N5O2. The standard InChI is InChI=1S/C11H15N5O2/c1-15(11-12-13-14-16(11)2)7-8-18-10-5-3-9(17)4-6-10/h3-6,17H,7-8H2,1-2H3. The van der Waals surface area contributed by atoms with Crippen molar-refractivity contribution in [1.29, 1.82) is 0 Å². The van der Waals surface area contributed by atoms with Gasteiger partial charge in [0.1, 0.15) is 18.1 Å². The monoisotopic (exact) mass is 249 g/mol. The molecule has 0 saturated carbocycles. The maximum Gasteiger partial charge on any atom is 0.245 e. The topological polar surface area (TPSA) is 76.3 Å². The molecule has 0 spiro atoms. The second kappa shape index (κ2) is 5.35. The first-order valence-corrected chi connectivity index (χ1v) is 5.52. The molecule has 1 N–H and O–H groups in total. The van der Waals surface area contributed by atoms with Crippen molar-refractivity contribution >= 4 is 5.95 Å². The number of aromatic nitrogens is 4. The number of aryl methyl sites for hydroxylation is 1. The molecule has 7 nitrogen and oxygen atoms in total. The van der Waals surface area contributed by atoms with Gasteiger partial charge < -0.3 is 14.7 Å². The van der Waals surface area contributed by atoms with E-state index in [4.69, 9.17) is 9.84 Å². The molecule has 0 atom stereocenters. The summed E-state index contributed by atoms with van der Waals surface area (Å²) in [6.07, 6.45) is 0. The molecule has 0 bridgehead atoms. The van der Waals surface area contributed by atoms with E-state index in [9.17, 15) is 0 Å². The van der Waals surface area contributed by atoms with E-state index in [0.717, 1.165) is 5.75 Å². The van der Waals surface area contributed by atoms with Crippen LogP contribution in [0.15, 0.2) is 24.3 Å². The average Bonchev–Trinajstić information content (AvgIpc) is 2.78. The summed E-state index contributed by atoms with van der Waals surface area (Å²) in [5.74, 6) is 1.63. The smallest absolute Gasteiger partial charge is 0.245 e. The Hall–Kier alpha value is -2.31. The van der Waals surface area contributed by atoms with Crippen molar-refractivity contribution in [2.45, 2.75) is 0 Å². The Bertz CT molecular complexity index is 496. The molecule has 18 heavy (non-hydrogen) atoms. The van der Waals surface area contributed by atoms with E-state index < -0.39 is 0 Å². The minimum absolute atomic E-state index is 0.227. The van der Waals surface area contributed by atoms with Gasteiger partial charge >= 0.3 is 0 Å². The first-order valence-electron chi connectivity index (χ1n) is 5.52. The van der Waals surface area contributed by atoms with Gasteiger partial charge in [-0.3, -0.25) is 0 Å². The molecule has 0 saturated heterocycles. The number of hydrogen-bond acceptors (Lipinski definition) is 6. The minimum Gasteiger partial charge on any atom is -0.508 e. The van der Waals surface area contributed by atoms with Crippen LogP contribution >= 0.6 is 0 Å². The SMILES string of the molecule is CN(CCOc1ccc(O)cc1)c1nnnn1C. The van der Waals surface area contributed by atoms with Crippen LogP contribution in [-0.4, -0.2) is 45.5 Å². The van der Waals surface area contributed by atoms with Gasteiger partial charge in [-0.05, 0) is 34.7 Å². The molecule has 7 heteroatoms. The summed E-state index contributed by atoms with van der Waals surface area (Å²) in [6.45, 7) is 1.17. The van der Waals surface area contributed by atoms with E-state index in [2.05, 4.69) is 15.5 Å². The fourth-order valence-corrected chi connectivity index (χ4v) is 1.49. The lowest BCUT2D eigenvalue weighted by Crippen LogP contribution is -2.26. The van der Waals surface area contributed by atoms with Crippen molar-refractivity contribution in [3.8, 4) is 11.5 Å². The van der Waals surface area contributed by atoms with Crippen molar-refractivity contribution in [1.82, 2.24) is 20.2 Å². The molecule has 0 amide bonds. The van der Waals surface area contributed by atoms with Crippen LogP contribution in [0.3, 0.4) is 0 Å². The fourth-order valence-electron chi connectivity index (χ4n) is 1.49. The Morgan fingerprint density at radius 2 is 2.06 bits per heavy atom. The van der Waals surface area contributed by atoms with Crippen LogP contribution in [0.25, 0.3) is 0 Å². The van der Waals surface area contributed by atoms with Gasteiger partial charge in [0.15, 0.2) is 0 Å². The van der Waals surface area contributed by atoms with Gasteiger partial charge in [0.05, 0.1) is 6.54 Å². The van der Waals surface area contributed by atoms with E-state index in [1.54, 1.807) is 36.0 Å². The first-order chi connectivity index (χ1) is 8.66. The second-order valence-corrected chi connectivity index (χ2v) is 3.87. The highest BCUT2D eigenvalue weighted by atomic mass is 16.5. The summed E-state index contributed by atoms with van der Waals surface area (Å²) >= 11 is 0. The Labute approximate surface area is 105 Å². The van der Waals surface area contributed by atoms with Crippen LogP contribution in [0.4, 0.5) is 5.95 Å². The number of ether oxygens (including phenoxy) is 1. The summed E-state index contributed by atoms with van der Waals surface area (Å²) in [5, 5.41) is 20.4. The highest BCUT2D eigenvalue weighted by Crippen LogP contribution is 2.15. The first kappa shape index (κ1) is 12.2. The molecule has 0 aliphatic rings. The zero-order chi connectivity index (χ0) is 13.0. The van der Waals surface area contributed by atoms with Crippen LogP contribution in [0.5, 0.6) is 11.5 Å². The van der Waals surface area contributed by atoms with Crippen molar-refractivity contribution in [2.75, 3.05) is 25.1 Å². The van der Waals surface area contributed by atoms with Crippen molar-refractivity contribution in [2.24, 2.45) is 7.05 Å². The van der Waals surface area contributed by atoms with Crippen LogP contribution in [-0.2, 0) is 7.05 Å². The maximum absolute atomic E-state index is 9.14. The summed E-state index contributed by atoms with van der Waals surface area (Å²) in [5.41, 5.74) is 0. The van der Waals surface area contributed by atoms with E-state index in [-0.39, 0.29) is 5.75 Å². The highest BCUT2D eigenvalue weighted by Gasteiger charge is 2.07. The molecule has 96 valence electrons. The average molecular weight is 249 g/mol. The molecule has 0 unspecified atom stereocenters. The summed E-state index contributed by atoms with van der Waals surface area (Å²) in [7, 11) is 3.68. The summed E-state index contributed by atoms with van der Waals surface area (Å²) < 4.78 is 7.14. The third-order valence-electron chi connectivity index (χ3n) is 2.47. The second-order valence-electron chi connectivity index (χ2n) is 3.87. The number of tetrazole rings is 1. The number of rotatable bonds is 5. The molecule has 1 heterocycles. The molecule has 2 rings (SSSR count). The van der Waals surface area contributed by atoms with Gasteiger partial charge in [-0.25, -0.2) is 4.68 Å². The lowest BCUT2D eigenvalue weighted by molar-refractivity contribution is 0.324. The third-order valence-corrected chi connectivity index (χ3v) is 2.47. The Morgan fingerprint density at radius 3 is 2.67 bits per heavy atom. The van der Waals surface area contributed by atoms with E-state index >= 15 is 0 Å². The number of anilines is 1. The van der Waals surface area contributed by atoms with E-state index in [0.29, 0.717) is 19.1 Å². The van der Waals surface area contributed by atoms with E-state index in [1.807, 2.05) is 11.9 Å². The van der Waals surface area contributed by atoms with E-state index in [1.165, 1.54) is 0 Å². The molecule has 0 radical (unpaired) electrons. The highest BCUT2D eigenvalue weighted by molar-refractivity contribution is 5.30. The van der Waals surface area contributed by atoms with Gasteiger partial charge in [-0.2, -0.15) is 0 Å². The maximum atomic E-state index is 9.14. The molecule has 2 aromatic rings. The van der Waals surface area contributed by atoms with Crippen molar-refractivity contribution in [3.63, 3.8) is 0 Å². The number of nitrogens with zero attached hydrogens (tertiary/aromatic N) is 5. The number of phenolic OH excluding ortho intramolecular Hbond substituents is 1. The van der Waals surface area contributed by atoms with Crippen LogP contribution in [0.1, 0.15) is 0 Å². The molecule has 0 fully saturated rings. The van der Waals surface area contributed by atoms with Crippen LogP contribution in [0.2, 0.25) is 0 Å². The molecule has 0 aliphatic heterocycles. The van der Waals surface area contributed by atoms with Crippen molar-refractivity contribution < 1.29 is 9.84 Å². The number of hydrogen-bond donors (Lipinski definition) is 1. The van der Waals surface area contributed by atoms with Gasteiger partial charge in [0.2, 0.25) is 5.95 Å². The predicted octanol–water partition coefficient (Wildman–Crippen LogP) is 0.431. The Balaban J connectivity index is 1.82. The predicted molar refractivity (Wildman–Crippen MR) is 65.7 cm³/mol. The van der Waals surface area contributed by atoms with Gasteiger partial charge in [0.25, 0.3) is 0 Å². The number of aromatic hydroxyl groups is 1. The lowest BCUT2D eigenvalue weighted by atomic mass is 10.3. The summed E-state index contributed by atoms with van der Waals surface area (Å²) in [6, 6.07) is 6.62. The minimum atomic E-state index is 0.227. The fraction of sp³-hybridized carbons (Fsp3) is 0.364. The van der Waals surface area contributed by atoms with Crippen LogP contribution < -0.4 is 9.64 Å². The van der Waals surface area contributed by atoms with Gasteiger partial charge in [-0.1, -0.05) is 5.10 Å². The largest absolute Gasteiger partial charge is 0.508 e. The number of likely N-dealkylation sites (N-methyl/N-ethyl adjacent to an activating group) is 1. The Morgan fingerprint density at radius 1 is 1.33 bits per heavy atom. The van der Waals surface area contributed by atoms with Crippen LogP contribution in [0, 0.1) is 0 Å². The quantitative estimate of drug-likeness (QED) is 0.828. The Kier molecular flexibility index (Phi) is 3.61. The van der Waals surface area contributed by atoms with Crippen molar-refractivity contribution in [3.05, 3.63) is 24.3 Å². The summed E-state index contributed by atoms with van der Waals surface area (Å²) in [4.78, 5) is 1.90. The van der Waals surface area contributed by atoms with Gasteiger partial charge in [0, 0.05) is 14.1 Å². The number of phenols is 1. The molecule has 0 aliphatic carbocycles. The zero-order valence-corrected chi connectivity index (χ0v) is 10.3. The lowest BCUT2D eigenvalue weighted by Gasteiger charge is -2.16. The van der Waals surface area contributed by atoms with Gasteiger partial charge in [-0.15, -0.1) is 0 Å². The molecule has 1 aromatic heterocycles. The number of benzene rings is 1. The zero-order valence-electron chi connectivity index (χ0n) is 10.3. The normalized spacial score (nSPS) is 10.3. The molecule has 1 aromatic carbocycles. The molecular weight excluding hydrogens is 234 g/mol.